The van der Waals surface area contributed by atoms with Crippen LogP contribution in [-0.4, -0.2) is 24.9 Å². The molecule has 242 valence electrons. The van der Waals surface area contributed by atoms with Crippen molar-refractivity contribution in [2.24, 2.45) is 0 Å². The minimum atomic E-state index is 0.610. The van der Waals surface area contributed by atoms with Crippen LogP contribution in [0.1, 0.15) is 0 Å². The van der Waals surface area contributed by atoms with Gasteiger partial charge in [0, 0.05) is 49.4 Å². The first-order valence-corrected chi connectivity index (χ1v) is 17.3. The van der Waals surface area contributed by atoms with Crippen molar-refractivity contribution < 1.29 is 0 Å². The number of aromatic nitrogens is 5. The molecule has 0 spiro atoms. The summed E-state index contributed by atoms with van der Waals surface area (Å²) in [4.78, 5) is 25.2. The second kappa shape index (κ2) is 12.3. The lowest BCUT2D eigenvalue weighted by atomic mass is 9.94. The van der Waals surface area contributed by atoms with Crippen LogP contribution in [0.25, 0.3) is 100 Å². The molecule has 52 heavy (non-hydrogen) atoms. The first-order chi connectivity index (χ1) is 25.8. The van der Waals surface area contributed by atoms with E-state index < -0.39 is 0 Å². The molecule has 3 heterocycles. The van der Waals surface area contributed by atoms with Gasteiger partial charge in [0.1, 0.15) is 0 Å². The van der Waals surface area contributed by atoms with Crippen LogP contribution in [0.5, 0.6) is 0 Å². The Balaban J connectivity index is 1.17. The lowest BCUT2D eigenvalue weighted by Crippen LogP contribution is -2.00. The predicted molar refractivity (Wildman–Crippen MR) is 213 cm³/mol. The number of pyridine rings is 2. The molecule has 5 heteroatoms. The monoisotopic (exact) mass is 663 g/mol. The molecule has 10 aromatic rings. The molecule has 5 nitrogen and oxygen atoms in total. The van der Waals surface area contributed by atoms with Crippen molar-refractivity contribution in [1.82, 2.24) is 24.9 Å². The van der Waals surface area contributed by atoms with Crippen LogP contribution in [0.15, 0.2) is 176 Å². The van der Waals surface area contributed by atoms with Crippen molar-refractivity contribution in [1.29, 1.82) is 0 Å². The van der Waals surface area contributed by atoms with Gasteiger partial charge in [0.05, 0.1) is 22.1 Å². The smallest absolute Gasteiger partial charge is 0.164 e. The zero-order valence-electron chi connectivity index (χ0n) is 28.0. The second-order valence-corrected chi connectivity index (χ2v) is 12.9. The van der Waals surface area contributed by atoms with Gasteiger partial charge in [-0.05, 0) is 47.5 Å². The van der Waals surface area contributed by atoms with Crippen LogP contribution in [0.4, 0.5) is 0 Å². The van der Waals surface area contributed by atoms with E-state index in [1.807, 2.05) is 54.6 Å². The molecule has 0 radical (unpaired) electrons. The topological polar surface area (TPSA) is 64.5 Å². The van der Waals surface area contributed by atoms with E-state index in [9.17, 15) is 0 Å². The Morgan fingerprint density at radius 2 is 0.538 bits per heavy atom. The summed E-state index contributed by atoms with van der Waals surface area (Å²) in [5.41, 5.74) is 11.0. The van der Waals surface area contributed by atoms with Crippen LogP contribution in [-0.2, 0) is 0 Å². The van der Waals surface area contributed by atoms with Crippen molar-refractivity contribution in [3.05, 3.63) is 176 Å². The summed E-state index contributed by atoms with van der Waals surface area (Å²) in [5, 5.41) is 4.42. The molecule has 3 aromatic heterocycles. The first-order valence-electron chi connectivity index (χ1n) is 17.3. The number of para-hydroxylation sites is 4. The van der Waals surface area contributed by atoms with E-state index in [2.05, 4.69) is 121 Å². The predicted octanol–water partition coefficient (Wildman–Crippen LogP) is 11.6. The van der Waals surface area contributed by atoms with Gasteiger partial charge in [-0.25, -0.2) is 24.9 Å². The summed E-state index contributed by atoms with van der Waals surface area (Å²) in [6, 6.07) is 60.5. The van der Waals surface area contributed by atoms with Gasteiger partial charge >= 0.3 is 0 Å². The molecule has 0 amide bonds. The van der Waals surface area contributed by atoms with Crippen LogP contribution < -0.4 is 0 Å². The van der Waals surface area contributed by atoms with Crippen LogP contribution in [0.2, 0.25) is 0 Å². The highest BCUT2D eigenvalue weighted by Gasteiger charge is 2.17. The summed E-state index contributed by atoms with van der Waals surface area (Å²) in [6.07, 6.45) is 0. The van der Waals surface area contributed by atoms with Gasteiger partial charge in [-0.3, -0.25) is 0 Å². The van der Waals surface area contributed by atoms with Gasteiger partial charge in [0.25, 0.3) is 0 Å². The van der Waals surface area contributed by atoms with E-state index in [0.29, 0.717) is 17.5 Å². The third kappa shape index (κ3) is 5.15. The van der Waals surface area contributed by atoms with Crippen molar-refractivity contribution in [3.8, 4) is 56.4 Å². The minimum absolute atomic E-state index is 0.610. The Hall–Kier alpha value is -7.11. The normalized spacial score (nSPS) is 11.5. The first kappa shape index (κ1) is 29.8. The molecule has 0 aliphatic heterocycles. The van der Waals surface area contributed by atoms with E-state index in [1.165, 1.54) is 0 Å². The third-order valence-electron chi connectivity index (χ3n) is 9.66. The fourth-order valence-electron chi connectivity index (χ4n) is 7.28. The van der Waals surface area contributed by atoms with Crippen LogP contribution in [0, 0.1) is 0 Å². The van der Waals surface area contributed by atoms with Gasteiger partial charge < -0.3 is 0 Å². The van der Waals surface area contributed by atoms with Crippen molar-refractivity contribution in [2.75, 3.05) is 0 Å². The lowest BCUT2D eigenvalue weighted by Gasteiger charge is -2.14. The zero-order valence-corrected chi connectivity index (χ0v) is 28.0. The average Bonchev–Trinajstić information content (AvgIpc) is 3.22. The SMILES string of the molecule is c1ccc(-c2nc(-c3cccc(-c4c5ccccc5nc5ccccc45)c3)nc(-c3cccc(-c4c5ccccc5nc5ccccc45)c3)n2)cc1. The van der Waals surface area contributed by atoms with Crippen LogP contribution >= 0.6 is 0 Å². The van der Waals surface area contributed by atoms with Gasteiger partial charge in [-0.15, -0.1) is 0 Å². The molecule has 10 rings (SSSR count). The molecule has 7 aromatic carbocycles. The van der Waals surface area contributed by atoms with E-state index in [-0.39, 0.29) is 0 Å². The summed E-state index contributed by atoms with van der Waals surface area (Å²) in [7, 11) is 0. The number of benzene rings is 7. The maximum absolute atomic E-state index is 5.17. The minimum Gasteiger partial charge on any atom is -0.248 e. The molecule has 0 bridgehead atoms. The van der Waals surface area contributed by atoms with Gasteiger partial charge in [-0.2, -0.15) is 0 Å². The Morgan fingerprint density at radius 3 is 0.942 bits per heavy atom. The number of hydrogen-bond acceptors (Lipinski definition) is 5. The maximum atomic E-state index is 5.17. The molecule has 0 N–H and O–H groups in total. The summed E-state index contributed by atoms with van der Waals surface area (Å²) in [5.74, 6) is 1.84. The maximum Gasteiger partial charge on any atom is 0.164 e. The Labute approximate surface area is 300 Å². The molecule has 0 unspecified atom stereocenters. The van der Waals surface area contributed by atoms with Crippen LogP contribution in [0.3, 0.4) is 0 Å². The van der Waals surface area contributed by atoms with Gasteiger partial charge in [0.15, 0.2) is 17.5 Å². The van der Waals surface area contributed by atoms with Crippen molar-refractivity contribution in [2.45, 2.75) is 0 Å². The second-order valence-electron chi connectivity index (χ2n) is 12.9. The Bertz CT molecular complexity index is 2680. The Kier molecular flexibility index (Phi) is 7.07. The standard InChI is InChI=1S/C47H29N5/c1-2-14-30(15-3-1)45-50-46(33-18-12-16-31(28-33)43-35-20-4-8-24-39(35)48-40-25-9-5-21-36(40)43)52-47(51-45)34-19-13-17-32(29-34)44-37-22-6-10-26-41(37)49-42-27-11-7-23-38(42)44/h1-29H. The summed E-state index contributed by atoms with van der Waals surface area (Å²) >= 11 is 0. The number of hydrogen-bond donors (Lipinski definition) is 0. The highest BCUT2D eigenvalue weighted by molar-refractivity contribution is 6.11. The number of rotatable bonds is 5. The molecule has 0 atom stereocenters. The molecule has 0 fully saturated rings. The Morgan fingerprint density at radius 1 is 0.231 bits per heavy atom. The number of nitrogens with zero attached hydrogens (tertiary/aromatic N) is 5. The highest BCUT2D eigenvalue weighted by atomic mass is 15.0. The van der Waals surface area contributed by atoms with E-state index in [1.54, 1.807) is 0 Å². The van der Waals surface area contributed by atoms with E-state index in [0.717, 1.165) is 82.6 Å². The average molecular weight is 664 g/mol. The van der Waals surface area contributed by atoms with Gasteiger partial charge in [0.2, 0.25) is 0 Å². The molecular formula is C47H29N5. The largest absolute Gasteiger partial charge is 0.248 e. The van der Waals surface area contributed by atoms with Crippen molar-refractivity contribution >= 4 is 43.6 Å². The zero-order chi connectivity index (χ0) is 34.4. The molecule has 0 aliphatic carbocycles. The van der Waals surface area contributed by atoms with Crippen molar-refractivity contribution in [3.63, 3.8) is 0 Å². The van der Waals surface area contributed by atoms with Gasteiger partial charge in [-0.1, -0.05) is 140 Å². The lowest BCUT2D eigenvalue weighted by molar-refractivity contribution is 1.07. The fourth-order valence-corrected chi connectivity index (χ4v) is 7.28. The summed E-state index contributed by atoms with van der Waals surface area (Å²) < 4.78 is 0. The van der Waals surface area contributed by atoms with E-state index in [4.69, 9.17) is 24.9 Å². The third-order valence-corrected chi connectivity index (χ3v) is 9.66. The molecule has 0 saturated heterocycles. The highest BCUT2D eigenvalue weighted by Crippen LogP contribution is 2.38. The molecule has 0 aliphatic rings. The summed E-state index contributed by atoms with van der Waals surface area (Å²) in [6.45, 7) is 0. The fraction of sp³-hybridized carbons (Fsp3) is 0. The quantitative estimate of drug-likeness (QED) is 0.171. The molecular weight excluding hydrogens is 635 g/mol. The number of fused-ring (bicyclic) bond motifs is 4. The van der Waals surface area contributed by atoms with E-state index >= 15 is 0 Å². The molecule has 0 saturated carbocycles.